The van der Waals surface area contributed by atoms with Gasteiger partial charge in [-0.25, -0.2) is 5.10 Å². The third-order valence-corrected chi connectivity index (χ3v) is 1.86. The molecule has 1 heterocycles. The number of rotatable bonds is 4. The van der Waals surface area contributed by atoms with Crippen LogP contribution in [-0.4, -0.2) is 28.5 Å². The number of aliphatic hydroxyl groups excluding tert-OH is 1. The van der Waals surface area contributed by atoms with Crippen molar-refractivity contribution in [3.63, 3.8) is 0 Å². The van der Waals surface area contributed by atoms with Gasteiger partial charge in [0.2, 0.25) is 0 Å². The molecule has 0 bridgehead atoms. The van der Waals surface area contributed by atoms with Crippen LogP contribution in [0.4, 0.5) is 5.69 Å². The summed E-state index contributed by atoms with van der Waals surface area (Å²) in [5.74, 6) is 0. The van der Waals surface area contributed by atoms with E-state index in [4.69, 9.17) is 5.11 Å². The minimum absolute atomic E-state index is 0.0939. The number of anilines is 1. The highest BCUT2D eigenvalue weighted by molar-refractivity contribution is 5.38. The second kappa shape index (κ2) is 4.23. The van der Waals surface area contributed by atoms with Gasteiger partial charge in [0.05, 0.1) is 11.9 Å². The van der Waals surface area contributed by atoms with Gasteiger partial charge in [-0.15, -0.1) is 0 Å². The maximum atomic E-state index is 10.9. The zero-order chi connectivity index (χ0) is 10.6. The Morgan fingerprint density at radius 3 is 2.93 bits per heavy atom. The minimum Gasteiger partial charge on any atom is -0.396 e. The van der Waals surface area contributed by atoms with Crippen LogP contribution in [0, 0.1) is 5.41 Å². The summed E-state index contributed by atoms with van der Waals surface area (Å²) < 4.78 is 0. The van der Waals surface area contributed by atoms with Crippen molar-refractivity contribution >= 4 is 5.69 Å². The Bertz CT molecular complexity index is 346. The lowest BCUT2D eigenvalue weighted by atomic mass is 9.95. The fraction of sp³-hybridized carbons (Fsp3) is 0.556. The van der Waals surface area contributed by atoms with Crippen molar-refractivity contribution in [3.05, 3.63) is 22.6 Å². The first kappa shape index (κ1) is 10.7. The summed E-state index contributed by atoms with van der Waals surface area (Å²) in [5, 5.41) is 18.0. The molecule has 0 spiro atoms. The summed E-state index contributed by atoms with van der Waals surface area (Å²) in [4.78, 5) is 10.9. The molecule has 0 amide bonds. The third kappa shape index (κ3) is 3.18. The van der Waals surface area contributed by atoms with Crippen molar-refractivity contribution in [2.24, 2.45) is 5.41 Å². The molecule has 0 saturated carbocycles. The van der Waals surface area contributed by atoms with Gasteiger partial charge in [-0.1, -0.05) is 13.8 Å². The van der Waals surface area contributed by atoms with Gasteiger partial charge in [0.1, 0.15) is 0 Å². The van der Waals surface area contributed by atoms with Crippen LogP contribution in [0.1, 0.15) is 13.8 Å². The minimum atomic E-state index is -0.239. The second-order valence-electron chi connectivity index (χ2n) is 4.01. The number of nitrogens with one attached hydrogen (secondary N) is 2. The van der Waals surface area contributed by atoms with Gasteiger partial charge in [-0.05, 0) is 0 Å². The lowest BCUT2D eigenvalue weighted by molar-refractivity contribution is 0.171. The van der Waals surface area contributed by atoms with Crippen molar-refractivity contribution in [2.45, 2.75) is 13.8 Å². The summed E-state index contributed by atoms with van der Waals surface area (Å²) in [7, 11) is 0. The predicted octanol–water partition coefficient (Wildman–Crippen LogP) is 0.200. The molecule has 78 valence electrons. The molecule has 0 fully saturated rings. The first-order chi connectivity index (χ1) is 6.53. The van der Waals surface area contributed by atoms with Crippen LogP contribution in [0.15, 0.2) is 17.1 Å². The molecule has 0 atom stereocenters. The highest BCUT2D eigenvalue weighted by atomic mass is 16.3. The first-order valence-corrected chi connectivity index (χ1v) is 4.43. The number of aliphatic hydroxyl groups is 1. The van der Waals surface area contributed by atoms with E-state index in [2.05, 4.69) is 15.5 Å². The lowest BCUT2D eigenvalue weighted by Gasteiger charge is -2.22. The molecule has 0 unspecified atom stereocenters. The van der Waals surface area contributed by atoms with Crippen LogP contribution in [0.2, 0.25) is 0 Å². The zero-order valence-electron chi connectivity index (χ0n) is 8.37. The Morgan fingerprint density at radius 1 is 1.64 bits per heavy atom. The molecule has 1 aromatic heterocycles. The van der Waals surface area contributed by atoms with E-state index in [1.165, 1.54) is 12.3 Å². The fourth-order valence-electron chi connectivity index (χ4n) is 0.870. The Hall–Kier alpha value is -1.36. The Balaban J connectivity index is 2.58. The van der Waals surface area contributed by atoms with E-state index in [1.807, 2.05) is 13.8 Å². The fourth-order valence-corrected chi connectivity index (χ4v) is 0.870. The monoisotopic (exact) mass is 197 g/mol. The summed E-state index contributed by atoms with van der Waals surface area (Å²) in [6, 6.07) is 1.43. The van der Waals surface area contributed by atoms with Crippen molar-refractivity contribution in [1.29, 1.82) is 0 Å². The van der Waals surface area contributed by atoms with Gasteiger partial charge < -0.3 is 10.4 Å². The van der Waals surface area contributed by atoms with E-state index in [0.29, 0.717) is 12.2 Å². The molecule has 14 heavy (non-hydrogen) atoms. The maximum Gasteiger partial charge on any atom is 0.266 e. The molecule has 1 aromatic rings. The Labute approximate surface area is 82.2 Å². The number of hydrogen-bond donors (Lipinski definition) is 3. The normalized spacial score (nSPS) is 11.4. The zero-order valence-corrected chi connectivity index (χ0v) is 8.37. The number of aromatic nitrogens is 2. The number of aromatic amines is 1. The molecule has 1 rings (SSSR count). The first-order valence-electron chi connectivity index (χ1n) is 4.43. The highest BCUT2D eigenvalue weighted by Crippen LogP contribution is 2.14. The van der Waals surface area contributed by atoms with Gasteiger partial charge in [-0.2, -0.15) is 5.10 Å². The molecule has 0 radical (unpaired) electrons. The Morgan fingerprint density at radius 2 is 2.36 bits per heavy atom. The van der Waals surface area contributed by atoms with Gasteiger partial charge in [0, 0.05) is 24.6 Å². The predicted molar refractivity (Wildman–Crippen MR) is 54.2 cm³/mol. The van der Waals surface area contributed by atoms with Gasteiger partial charge in [-0.3, -0.25) is 4.79 Å². The topological polar surface area (TPSA) is 78.0 Å². The summed E-state index contributed by atoms with van der Waals surface area (Å²) in [6.07, 6.45) is 1.54. The molecule has 0 aliphatic carbocycles. The molecular formula is C9H15N3O2. The van der Waals surface area contributed by atoms with E-state index in [-0.39, 0.29) is 17.6 Å². The standard InChI is InChI=1S/C9H15N3O2/c1-9(2,6-13)5-10-7-3-8(14)12-11-4-7/h3-4,13H,5-6H2,1-2H3,(H2,10,12,14). The molecule has 0 saturated heterocycles. The van der Waals surface area contributed by atoms with Crippen molar-refractivity contribution in [1.82, 2.24) is 10.2 Å². The van der Waals surface area contributed by atoms with E-state index in [1.54, 1.807) is 0 Å². The second-order valence-corrected chi connectivity index (χ2v) is 4.01. The Kier molecular flexibility index (Phi) is 3.24. The van der Waals surface area contributed by atoms with Crippen molar-refractivity contribution in [2.75, 3.05) is 18.5 Å². The van der Waals surface area contributed by atoms with Crippen LogP contribution in [0.5, 0.6) is 0 Å². The molecule has 0 aromatic carbocycles. The van der Waals surface area contributed by atoms with Gasteiger partial charge in [0.15, 0.2) is 0 Å². The van der Waals surface area contributed by atoms with Crippen LogP contribution in [-0.2, 0) is 0 Å². The molecule has 5 nitrogen and oxygen atoms in total. The summed E-state index contributed by atoms with van der Waals surface area (Å²) in [6.45, 7) is 4.55. The molecule has 0 aliphatic rings. The quantitative estimate of drug-likeness (QED) is 0.644. The average Bonchev–Trinajstić information content (AvgIpc) is 2.15. The van der Waals surface area contributed by atoms with E-state index in [9.17, 15) is 4.79 Å². The van der Waals surface area contributed by atoms with Crippen molar-refractivity contribution < 1.29 is 5.11 Å². The van der Waals surface area contributed by atoms with Crippen LogP contribution < -0.4 is 10.9 Å². The van der Waals surface area contributed by atoms with Crippen molar-refractivity contribution in [3.8, 4) is 0 Å². The number of nitrogens with zero attached hydrogens (tertiary/aromatic N) is 1. The molecule has 3 N–H and O–H groups in total. The van der Waals surface area contributed by atoms with E-state index >= 15 is 0 Å². The highest BCUT2D eigenvalue weighted by Gasteiger charge is 2.15. The molecular weight excluding hydrogens is 182 g/mol. The number of H-pyrrole nitrogens is 1. The molecule has 0 aliphatic heterocycles. The van der Waals surface area contributed by atoms with Gasteiger partial charge in [0.25, 0.3) is 5.56 Å². The van der Waals surface area contributed by atoms with Crippen LogP contribution >= 0.6 is 0 Å². The van der Waals surface area contributed by atoms with Crippen LogP contribution in [0.3, 0.4) is 0 Å². The van der Waals surface area contributed by atoms with Crippen LogP contribution in [0.25, 0.3) is 0 Å². The molecule has 5 heteroatoms. The number of hydrogen-bond acceptors (Lipinski definition) is 4. The van der Waals surface area contributed by atoms with Gasteiger partial charge >= 0.3 is 0 Å². The van der Waals surface area contributed by atoms with E-state index in [0.717, 1.165) is 0 Å². The smallest absolute Gasteiger partial charge is 0.266 e. The largest absolute Gasteiger partial charge is 0.396 e. The third-order valence-electron chi connectivity index (χ3n) is 1.86. The summed E-state index contributed by atoms with van der Waals surface area (Å²) in [5.41, 5.74) is 0.217. The lowest BCUT2D eigenvalue weighted by Crippen LogP contribution is -2.27. The summed E-state index contributed by atoms with van der Waals surface area (Å²) >= 11 is 0. The average molecular weight is 197 g/mol. The maximum absolute atomic E-state index is 10.9. The van der Waals surface area contributed by atoms with E-state index < -0.39 is 0 Å². The SMILES string of the molecule is CC(C)(CO)CNc1cn[nH]c(=O)c1.